The summed E-state index contributed by atoms with van der Waals surface area (Å²) in [5.74, 6) is 0.290. The number of carbonyl (C=O) groups excluding carboxylic acids is 1. The van der Waals surface area contributed by atoms with Crippen molar-refractivity contribution >= 4 is 18.3 Å². The topological polar surface area (TPSA) is 41.6 Å². The molecule has 1 saturated carbocycles. The van der Waals surface area contributed by atoms with E-state index in [9.17, 15) is 4.79 Å². The van der Waals surface area contributed by atoms with Crippen LogP contribution in [0.3, 0.4) is 0 Å². The third kappa shape index (κ3) is 3.12. The molecule has 5 heteroatoms. The molecule has 0 unspecified atom stereocenters. The van der Waals surface area contributed by atoms with Gasteiger partial charge in [-0.3, -0.25) is 4.79 Å². The van der Waals surface area contributed by atoms with Crippen molar-refractivity contribution < 1.29 is 9.53 Å². The summed E-state index contributed by atoms with van der Waals surface area (Å²) >= 11 is 0. The van der Waals surface area contributed by atoms with Gasteiger partial charge in [0.1, 0.15) is 0 Å². The van der Waals surface area contributed by atoms with Gasteiger partial charge in [-0.25, -0.2) is 0 Å². The molecule has 100 valence electrons. The Kier molecular flexibility index (Phi) is 5.22. The number of halogens is 1. The Balaban J connectivity index is 0.00000144. The van der Waals surface area contributed by atoms with Crippen LogP contribution in [0.2, 0.25) is 0 Å². The van der Waals surface area contributed by atoms with Crippen molar-refractivity contribution in [3.05, 3.63) is 0 Å². The molecule has 17 heavy (non-hydrogen) atoms. The number of ether oxygens (including phenoxy) is 1. The molecule has 1 saturated heterocycles. The van der Waals surface area contributed by atoms with Gasteiger partial charge < -0.3 is 15.0 Å². The monoisotopic (exact) mass is 262 g/mol. The first kappa shape index (κ1) is 14.7. The van der Waals surface area contributed by atoms with Crippen LogP contribution in [0.4, 0.5) is 0 Å². The third-order valence-corrected chi connectivity index (χ3v) is 3.85. The van der Waals surface area contributed by atoms with Crippen molar-refractivity contribution in [1.82, 2.24) is 10.2 Å². The minimum Gasteiger partial charge on any atom is -0.384 e. The van der Waals surface area contributed by atoms with Gasteiger partial charge in [-0.2, -0.15) is 0 Å². The van der Waals surface area contributed by atoms with Crippen LogP contribution in [-0.4, -0.2) is 50.7 Å². The number of methoxy groups -OCH3 is 1. The van der Waals surface area contributed by atoms with E-state index in [1.165, 1.54) is 12.8 Å². The van der Waals surface area contributed by atoms with Crippen LogP contribution in [0.15, 0.2) is 0 Å². The summed E-state index contributed by atoms with van der Waals surface area (Å²) in [6.07, 6.45) is 4.14. The largest absolute Gasteiger partial charge is 0.384 e. The molecule has 0 radical (unpaired) electrons. The molecule has 1 heterocycles. The lowest BCUT2D eigenvalue weighted by atomic mass is 9.78. The van der Waals surface area contributed by atoms with E-state index in [2.05, 4.69) is 5.32 Å². The van der Waals surface area contributed by atoms with Gasteiger partial charge in [0.25, 0.3) is 0 Å². The number of nitrogens with zero attached hydrogens (tertiary/aromatic N) is 1. The van der Waals surface area contributed by atoms with Crippen LogP contribution >= 0.6 is 12.4 Å². The molecular formula is C12H23ClN2O2. The molecule has 1 aliphatic heterocycles. The fourth-order valence-corrected chi connectivity index (χ4v) is 2.60. The van der Waals surface area contributed by atoms with Crippen molar-refractivity contribution in [1.29, 1.82) is 0 Å². The summed E-state index contributed by atoms with van der Waals surface area (Å²) < 4.78 is 5.28. The van der Waals surface area contributed by atoms with E-state index in [0.29, 0.717) is 18.6 Å². The Morgan fingerprint density at radius 3 is 2.47 bits per heavy atom. The maximum Gasteiger partial charge on any atom is 0.231 e. The summed E-state index contributed by atoms with van der Waals surface area (Å²) in [4.78, 5) is 14.5. The van der Waals surface area contributed by atoms with Gasteiger partial charge >= 0.3 is 0 Å². The predicted octanol–water partition coefficient (Wildman–Crippen LogP) is 1.05. The van der Waals surface area contributed by atoms with Crippen LogP contribution in [0.1, 0.15) is 25.7 Å². The van der Waals surface area contributed by atoms with Crippen LogP contribution in [0.5, 0.6) is 0 Å². The summed E-state index contributed by atoms with van der Waals surface area (Å²) in [6, 6.07) is 0.496. The van der Waals surface area contributed by atoms with E-state index < -0.39 is 0 Å². The van der Waals surface area contributed by atoms with Crippen molar-refractivity contribution in [2.45, 2.75) is 31.7 Å². The number of amides is 1. The van der Waals surface area contributed by atoms with Gasteiger partial charge in [0.2, 0.25) is 5.91 Å². The quantitative estimate of drug-likeness (QED) is 0.823. The average Bonchev–Trinajstić information content (AvgIpc) is 3.13. The molecule has 2 aliphatic rings. The Morgan fingerprint density at radius 1 is 1.41 bits per heavy atom. The lowest BCUT2D eigenvalue weighted by Gasteiger charge is -2.38. The molecule has 0 spiro atoms. The average molecular weight is 263 g/mol. The van der Waals surface area contributed by atoms with Gasteiger partial charge in [0.15, 0.2) is 0 Å². The summed E-state index contributed by atoms with van der Waals surface area (Å²) in [5, 5.41) is 3.31. The second-order valence-electron chi connectivity index (χ2n) is 5.11. The second-order valence-corrected chi connectivity index (χ2v) is 5.11. The lowest BCUT2D eigenvalue weighted by Crippen LogP contribution is -2.51. The first-order valence-corrected chi connectivity index (χ1v) is 6.16. The first-order chi connectivity index (χ1) is 7.69. The molecule has 0 aromatic rings. The molecule has 0 aromatic heterocycles. The van der Waals surface area contributed by atoms with Crippen LogP contribution in [0, 0.1) is 5.41 Å². The van der Waals surface area contributed by atoms with E-state index >= 15 is 0 Å². The van der Waals surface area contributed by atoms with Crippen molar-refractivity contribution in [3.63, 3.8) is 0 Å². The standard InChI is InChI=1S/C12H22N2O2.ClH/c1-14(10-3-4-10)11(15)12(9-16-2)5-7-13-8-6-12;/h10,13H,3-9H2,1-2H3;1H. The maximum absolute atomic E-state index is 12.5. The third-order valence-electron chi connectivity index (χ3n) is 3.85. The molecular weight excluding hydrogens is 240 g/mol. The zero-order valence-corrected chi connectivity index (χ0v) is 11.5. The number of nitrogens with one attached hydrogen (secondary N) is 1. The normalized spacial score (nSPS) is 22.7. The number of carbonyl (C=O) groups is 1. The fourth-order valence-electron chi connectivity index (χ4n) is 2.60. The number of piperidine rings is 1. The number of hydrogen-bond donors (Lipinski definition) is 1. The van der Waals surface area contributed by atoms with Crippen LogP contribution in [-0.2, 0) is 9.53 Å². The van der Waals surface area contributed by atoms with Gasteiger partial charge in [-0.15, -0.1) is 12.4 Å². The molecule has 1 amide bonds. The van der Waals surface area contributed by atoms with E-state index in [4.69, 9.17) is 4.74 Å². The molecule has 4 nitrogen and oxygen atoms in total. The van der Waals surface area contributed by atoms with E-state index in [-0.39, 0.29) is 17.8 Å². The highest BCUT2D eigenvalue weighted by atomic mass is 35.5. The number of hydrogen-bond acceptors (Lipinski definition) is 3. The predicted molar refractivity (Wildman–Crippen MR) is 69.5 cm³/mol. The molecule has 0 bridgehead atoms. The van der Waals surface area contributed by atoms with Crippen molar-refractivity contribution in [2.24, 2.45) is 5.41 Å². The SMILES string of the molecule is COCC1(C(=O)N(C)C2CC2)CCNCC1.Cl. The highest BCUT2D eigenvalue weighted by molar-refractivity contribution is 5.85. The lowest BCUT2D eigenvalue weighted by molar-refractivity contribution is -0.146. The van der Waals surface area contributed by atoms with E-state index in [1.807, 2.05) is 11.9 Å². The Bertz CT molecular complexity index is 258. The Morgan fingerprint density at radius 2 is 2.00 bits per heavy atom. The zero-order valence-electron chi connectivity index (χ0n) is 10.7. The summed E-state index contributed by atoms with van der Waals surface area (Å²) in [6.45, 7) is 2.41. The zero-order chi connectivity index (χ0) is 11.6. The van der Waals surface area contributed by atoms with E-state index in [0.717, 1.165) is 25.9 Å². The van der Waals surface area contributed by atoms with Gasteiger partial charge in [0.05, 0.1) is 12.0 Å². The Labute approximate surface area is 109 Å². The fraction of sp³-hybridized carbons (Fsp3) is 0.917. The smallest absolute Gasteiger partial charge is 0.231 e. The first-order valence-electron chi connectivity index (χ1n) is 6.16. The summed E-state index contributed by atoms with van der Waals surface area (Å²) in [5.41, 5.74) is -0.267. The molecule has 0 aromatic carbocycles. The minimum atomic E-state index is -0.267. The molecule has 2 fully saturated rings. The molecule has 1 N–H and O–H groups in total. The van der Waals surface area contributed by atoms with Crippen molar-refractivity contribution in [3.8, 4) is 0 Å². The van der Waals surface area contributed by atoms with E-state index in [1.54, 1.807) is 7.11 Å². The Hall–Kier alpha value is -0.320. The van der Waals surface area contributed by atoms with Crippen LogP contribution < -0.4 is 5.32 Å². The highest BCUT2D eigenvalue weighted by Gasteiger charge is 2.44. The summed E-state index contributed by atoms with van der Waals surface area (Å²) in [7, 11) is 3.63. The molecule has 1 aliphatic carbocycles. The minimum absolute atomic E-state index is 0. The number of rotatable bonds is 4. The van der Waals surface area contributed by atoms with Gasteiger partial charge in [0, 0.05) is 20.2 Å². The van der Waals surface area contributed by atoms with Crippen molar-refractivity contribution in [2.75, 3.05) is 33.9 Å². The maximum atomic E-state index is 12.5. The molecule has 2 rings (SSSR count). The van der Waals surface area contributed by atoms with Gasteiger partial charge in [-0.1, -0.05) is 0 Å². The van der Waals surface area contributed by atoms with Crippen LogP contribution in [0.25, 0.3) is 0 Å². The second kappa shape index (κ2) is 6.03. The molecule has 0 atom stereocenters. The highest BCUT2D eigenvalue weighted by Crippen LogP contribution is 2.35. The van der Waals surface area contributed by atoms with Gasteiger partial charge in [-0.05, 0) is 38.8 Å².